The van der Waals surface area contributed by atoms with E-state index in [1.165, 1.54) is 0 Å². The molecule has 0 amide bonds. The first kappa shape index (κ1) is 6.68. The molecule has 0 N–H and O–H groups in total. The molecule has 0 aliphatic rings. The summed E-state index contributed by atoms with van der Waals surface area (Å²) in [6, 6.07) is 1.70. The average Bonchev–Trinajstić information content (AvgIpc) is 2.13. The highest BCUT2D eigenvalue weighted by atomic mass is 32.1. The molecule has 50 valence electrons. The van der Waals surface area contributed by atoms with Crippen molar-refractivity contribution in [1.82, 2.24) is 0 Å². The summed E-state index contributed by atoms with van der Waals surface area (Å²) in [7, 11) is 0. The second-order valence-electron chi connectivity index (χ2n) is 1.77. The molecule has 0 aromatic carbocycles. The highest BCUT2D eigenvalue weighted by Crippen LogP contribution is 2.27. The lowest BCUT2D eigenvalue weighted by Crippen LogP contribution is -1.78. The van der Waals surface area contributed by atoms with E-state index < -0.39 is 6.43 Å². The molecule has 1 aromatic rings. The van der Waals surface area contributed by atoms with Crippen LogP contribution in [-0.4, -0.2) is 0 Å². The molecule has 0 aliphatic heterocycles. The molecule has 0 spiro atoms. The van der Waals surface area contributed by atoms with Gasteiger partial charge in [-0.05, 0) is 23.9 Å². The van der Waals surface area contributed by atoms with Gasteiger partial charge >= 0.3 is 0 Å². The summed E-state index contributed by atoms with van der Waals surface area (Å²) in [6.07, 6.45) is -2.30. The van der Waals surface area contributed by atoms with Crippen molar-refractivity contribution in [2.24, 2.45) is 0 Å². The lowest BCUT2D eigenvalue weighted by Gasteiger charge is -1.93. The summed E-state index contributed by atoms with van der Waals surface area (Å²) in [4.78, 5) is 0.190. The third-order valence-corrected chi connectivity index (χ3v) is 2.13. The van der Waals surface area contributed by atoms with Gasteiger partial charge < -0.3 is 0 Å². The minimum atomic E-state index is -2.30. The van der Waals surface area contributed by atoms with Gasteiger partial charge in [-0.15, -0.1) is 11.3 Å². The van der Waals surface area contributed by atoms with Crippen LogP contribution in [0.5, 0.6) is 0 Å². The van der Waals surface area contributed by atoms with Crippen LogP contribution in [0.3, 0.4) is 0 Å². The van der Waals surface area contributed by atoms with Crippen molar-refractivity contribution < 1.29 is 8.78 Å². The molecule has 0 unspecified atom stereocenters. The molecule has 0 radical (unpaired) electrons. The third-order valence-electron chi connectivity index (χ3n) is 1.10. The second kappa shape index (κ2) is 2.43. The van der Waals surface area contributed by atoms with Crippen molar-refractivity contribution in [3.05, 3.63) is 21.9 Å². The first-order chi connectivity index (χ1) is 4.22. The van der Waals surface area contributed by atoms with Crippen LogP contribution < -0.4 is 0 Å². The minimum Gasteiger partial charge on any atom is -0.204 e. The van der Waals surface area contributed by atoms with Gasteiger partial charge in [0, 0.05) is 0 Å². The lowest BCUT2D eigenvalue weighted by atomic mass is 10.3. The molecule has 0 bridgehead atoms. The molecule has 0 fully saturated rings. The topological polar surface area (TPSA) is 0 Å². The van der Waals surface area contributed by atoms with Gasteiger partial charge in [-0.25, -0.2) is 8.78 Å². The van der Waals surface area contributed by atoms with E-state index in [2.05, 4.69) is 0 Å². The average molecular weight is 148 g/mol. The zero-order valence-corrected chi connectivity index (χ0v) is 5.71. The summed E-state index contributed by atoms with van der Waals surface area (Å²) in [5.41, 5.74) is 0.690. The van der Waals surface area contributed by atoms with E-state index >= 15 is 0 Å². The van der Waals surface area contributed by atoms with Gasteiger partial charge in [-0.1, -0.05) is 0 Å². The summed E-state index contributed by atoms with van der Waals surface area (Å²) in [5.74, 6) is 0. The van der Waals surface area contributed by atoms with Gasteiger partial charge in [-0.3, -0.25) is 0 Å². The van der Waals surface area contributed by atoms with Crippen molar-refractivity contribution in [2.75, 3.05) is 0 Å². The maximum absolute atomic E-state index is 11.9. The van der Waals surface area contributed by atoms with E-state index in [0.717, 1.165) is 11.3 Å². The van der Waals surface area contributed by atoms with Crippen molar-refractivity contribution >= 4 is 11.3 Å². The molecule has 0 saturated heterocycles. The Labute approximate surface area is 56.1 Å². The van der Waals surface area contributed by atoms with Gasteiger partial charge in [0.2, 0.25) is 0 Å². The van der Waals surface area contributed by atoms with E-state index in [0.29, 0.717) is 5.56 Å². The molecule has 9 heavy (non-hydrogen) atoms. The Balaban J connectivity index is 2.94. The number of halogens is 2. The molecule has 1 rings (SSSR count). The molecule has 0 atom stereocenters. The highest BCUT2D eigenvalue weighted by molar-refractivity contribution is 7.10. The first-order valence-corrected chi connectivity index (χ1v) is 3.42. The van der Waals surface area contributed by atoms with Crippen LogP contribution in [-0.2, 0) is 0 Å². The number of hydrogen-bond acceptors (Lipinski definition) is 1. The molecular formula is C6H6F2S. The van der Waals surface area contributed by atoms with Crippen LogP contribution >= 0.6 is 11.3 Å². The zero-order chi connectivity index (χ0) is 6.85. The minimum absolute atomic E-state index is 0.190. The number of thiophene rings is 1. The summed E-state index contributed by atoms with van der Waals surface area (Å²) in [6.45, 7) is 1.69. The van der Waals surface area contributed by atoms with Crippen molar-refractivity contribution in [3.63, 3.8) is 0 Å². The van der Waals surface area contributed by atoms with Crippen LogP contribution in [0, 0.1) is 6.92 Å². The van der Waals surface area contributed by atoms with E-state index in [4.69, 9.17) is 0 Å². The Hall–Kier alpha value is -0.440. The van der Waals surface area contributed by atoms with Gasteiger partial charge in [0.25, 0.3) is 6.43 Å². The Morgan fingerprint density at radius 3 is 2.44 bits per heavy atom. The van der Waals surface area contributed by atoms with Crippen molar-refractivity contribution in [2.45, 2.75) is 13.3 Å². The number of aryl methyl sites for hydroxylation is 1. The molecule has 0 aliphatic carbocycles. The number of rotatable bonds is 1. The van der Waals surface area contributed by atoms with Crippen molar-refractivity contribution in [1.29, 1.82) is 0 Å². The zero-order valence-electron chi connectivity index (χ0n) is 4.90. The standard InChI is InChI=1S/C6H6F2S/c1-4-2-3-9-5(4)6(7)8/h2-3,6H,1H3. The fraction of sp³-hybridized carbons (Fsp3) is 0.333. The predicted octanol–water partition coefficient (Wildman–Crippen LogP) is 2.99. The Kier molecular flexibility index (Phi) is 1.81. The van der Waals surface area contributed by atoms with Crippen LogP contribution in [0.25, 0.3) is 0 Å². The van der Waals surface area contributed by atoms with Crippen LogP contribution in [0.15, 0.2) is 11.4 Å². The maximum Gasteiger partial charge on any atom is 0.273 e. The van der Waals surface area contributed by atoms with Gasteiger partial charge in [0.15, 0.2) is 0 Å². The van der Waals surface area contributed by atoms with Gasteiger partial charge in [-0.2, -0.15) is 0 Å². The number of alkyl halides is 2. The Bertz CT molecular complexity index is 193. The van der Waals surface area contributed by atoms with E-state index in [1.807, 2.05) is 0 Å². The molecular weight excluding hydrogens is 142 g/mol. The predicted molar refractivity (Wildman–Crippen MR) is 34.0 cm³/mol. The normalized spacial score (nSPS) is 10.7. The van der Waals surface area contributed by atoms with Gasteiger partial charge in [0.05, 0.1) is 4.88 Å². The quantitative estimate of drug-likeness (QED) is 0.574. The molecule has 1 aromatic heterocycles. The van der Waals surface area contributed by atoms with Gasteiger partial charge in [0.1, 0.15) is 0 Å². The third kappa shape index (κ3) is 1.27. The Morgan fingerprint density at radius 1 is 1.56 bits per heavy atom. The fourth-order valence-corrected chi connectivity index (χ4v) is 1.38. The lowest BCUT2D eigenvalue weighted by molar-refractivity contribution is 0.155. The summed E-state index contributed by atoms with van der Waals surface area (Å²) < 4.78 is 23.7. The van der Waals surface area contributed by atoms with E-state index in [-0.39, 0.29) is 4.88 Å². The first-order valence-electron chi connectivity index (χ1n) is 2.54. The molecule has 0 nitrogen and oxygen atoms in total. The molecule has 1 heterocycles. The van der Waals surface area contributed by atoms with Crippen LogP contribution in [0.4, 0.5) is 8.78 Å². The van der Waals surface area contributed by atoms with Crippen LogP contribution in [0.2, 0.25) is 0 Å². The SMILES string of the molecule is Cc1ccsc1C(F)F. The number of hydrogen-bond donors (Lipinski definition) is 0. The van der Waals surface area contributed by atoms with Crippen molar-refractivity contribution in [3.8, 4) is 0 Å². The van der Waals surface area contributed by atoms with E-state index in [9.17, 15) is 8.78 Å². The summed E-state index contributed by atoms with van der Waals surface area (Å²) >= 11 is 1.11. The monoisotopic (exact) mass is 148 g/mol. The van der Waals surface area contributed by atoms with E-state index in [1.54, 1.807) is 18.4 Å². The Morgan fingerprint density at radius 2 is 2.22 bits per heavy atom. The van der Waals surface area contributed by atoms with Crippen LogP contribution in [0.1, 0.15) is 16.9 Å². The molecule has 0 saturated carbocycles. The fourth-order valence-electron chi connectivity index (χ4n) is 0.608. The maximum atomic E-state index is 11.9. The molecule has 3 heteroatoms. The smallest absolute Gasteiger partial charge is 0.204 e. The second-order valence-corrected chi connectivity index (χ2v) is 2.72. The summed E-state index contributed by atoms with van der Waals surface area (Å²) in [5, 5.41) is 1.68. The highest BCUT2D eigenvalue weighted by Gasteiger charge is 2.10. The largest absolute Gasteiger partial charge is 0.273 e.